The first kappa shape index (κ1) is 19.5. The highest BCUT2D eigenvalue weighted by atomic mass is 16.6. The summed E-state index contributed by atoms with van der Waals surface area (Å²) in [7, 11) is 0. The number of amides is 2. The molecule has 1 aromatic rings. The van der Waals surface area contributed by atoms with Gasteiger partial charge in [0.15, 0.2) is 17.6 Å². The molecule has 2 heterocycles. The second kappa shape index (κ2) is 9.08. The SMILES string of the molecule is CCCN(C[C@@H]1COc2ccccc2O1)C(=O)CN1CCC(C(N)=O)CC1. The van der Waals surface area contributed by atoms with Crippen molar-refractivity contribution in [2.75, 3.05) is 39.3 Å². The first-order valence-corrected chi connectivity index (χ1v) is 9.74. The lowest BCUT2D eigenvalue weighted by Gasteiger charge is -2.34. The Morgan fingerprint density at radius 3 is 2.59 bits per heavy atom. The van der Waals surface area contributed by atoms with E-state index in [-0.39, 0.29) is 23.8 Å². The van der Waals surface area contributed by atoms with Crippen LogP contribution in [0.25, 0.3) is 0 Å². The molecule has 148 valence electrons. The second-order valence-electron chi connectivity index (χ2n) is 7.29. The van der Waals surface area contributed by atoms with Gasteiger partial charge in [-0.05, 0) is 44.5 Å². The monoisotopic (exact) mass is 375 g/mol. The number of nitrogens with two attached hydrogens (primary N) is 1. The average Bonchev–Trinajstić information content (AvgIpc) is 2.68. The maximum Gasteiger partial charge on any atom is 0.236 e. The summed E-state index contributed by atoms with van der Waals surface area (Å²) < 4.78 is 11.8. The lowest BCUT2D eigenvalue weighted by molar-refractivity contribution is -0.134. The third-order valence-corrected chi connectivity index (χ3v) is 5.19. The number of nitrogens with zero attached hydrogens (tertiary/aromatic N) is 2. The fourth-order valence-corrected chi connectivity index (χ4v) is 3.65. The van der Waals surface area contributed by atoms with Crippen LogP contribution in [0.5, 0.6) is 11.5 Å². The summed E-state index contributed by atoms with van der Waals surface area (Å²) in [5, 5.41) is 0. The quantitative estimate of drug-likeness (QED) is 0.776. The van der Waals surface area contributed by atoms with Gasteiger partial charge in [0.25, 0.3) is 0 Å². The molecule has 1 fully saturated rings. The first-order chi connectivity index (χ1) is 13.1. The van der Waals surface area contributed by atoms with Crippen LogP contribution < -0.4 is 15.2 Å². The van der Waals surface area contributed by atoms with Gasteiger partial charge in [0, 0.05) is 12.5 Å². The topological polar surface area (TPSA) is 85.1 Å². The van der Waals surface area contributed by atoms with Crippen molar-refractivity contribution in [2.45, 2.75) is 32.3 Å². The predicted molar refractivity (Wildman–Crippen MR) is 102 cm³/mol. The number of carbonyl (C=O) groups excluding carboxylic acids is 2. The molecule has 3 rings (SSSR count). The Hall–Kier alpha value is -2.28. The number of hydrogen-bond donors (Lipinski definition) is 1. The fraction of sp³-hybridized carbons (Fsp3) is 0.600. The van der Waals surface area contributed by atoms with Crippen LogP contribution in [0, 0.1) is 5.92 Å². The standard InChI is InChI=1S/C20H29N3O4/c1-2-9-23(12-16-14-26-17-5-3-4-6-18(17)27-16)19(24)13-22-10-7-15(8-11-22)20(21)25/h3-6,15-16H,2,7-14H2,1H3,(H2,21,25)/t16-/m1/s1. The molecule has 2 amide bonds. The van der Waals surface area contributed by atoms with Crippen LogP contribution in [0.2, 0.25) is 0 Å². The van der Waals surface area contributed by atoms with Crippen molar-refractivity contribution in [3.63, 3.8) is 0 Å². The van der Waals surface area contributed by atoms with E-state index in [1.807, 2.05) is 29.2 Å². The molecule has 0 radical (unpaired) electrons. The summed E-state index contributed by atoms with van der Waals surface area (Å²) in [6, 6.07) is 7.60. The Bertz CT molecular complexity index is 658. The Morgan fingerprint density at radius 1 is 1.22 bits per heavy atom. The molecular weight excluding hydrogens is 346 g/mol. The minimum absolute atomic E-state index is 0.0593. The Morgan fingerprint density at radius 2 is 1.93 bits per heavy atom. The molecule has 27 heavy (non-hydrogen) atoms. The van der Waals surface area contributed by atoms with Gasteiger partial charge in [0.05, 0.1) is 13.1 Å². The van der Waals surface area contributed by atoms with Crippen molar-refractivity contribution >= 4 is 11.8 Å². The van der Waals surface area contributed by atoms with Crippen molar-refractivity contribution < 1.29 is 19.1 Å². The molecular formula is C20H29N3O4. The number of benzene rings is 1. The number of primary amides is 1. The normalized spacial score (nSPS) is 20.3. The fourth-order valence-electron chi connectivity index (χ4n) is 3.65. The smallest absolute Gasteiger partial charge is 0.236 e. The van der Waals surface area contributed by atoms with Gasteiger partial charge in [-0.25, -0.2) is 0 Å². The van der Waals surface area contributed by atoms with E-state index >= 15 is 0 Å². The van der Waals surface area contributed by atoms with Crippen molar-refractivity contribution in [2.24, 2.45) is 11.7 Å². The molecule has 0 aromatic heterocycles. The van der Waals surface area contributed by atoms with Crippen molar-refractivity contribution in [3.8, 4) is 11.5 Å². The highest BCUT2D eigenvalue weighted by molar-refractivity contribution is 5.79. The summed E-state index contributed by atoms with van der Waals surface area (Å²) in [5.41, 5.74) is 5.38. The van der Waals surface area contributed by atoms with Crippen LogP contribution >= 0.6 is 0 Å². The van der Waals surface area contributed by atoms with Gasteiger partial charge in [-0.3, -0.25) is 14.5 Å². The van der Waals surface area contributed by atoms with Gasteiger partial charge >= 0.3 is 0 Å². The average molecular weight is 375 g/mol. The molecule has 1 saturated heterocycles. The molecule has 0 bridgehead atoms. The van der Waals surface area contributed by atoms with E-state index in [9.17, 15) is 9.59 Å². The zero-order valence-corrected chi connectivity index (χ0v) is 15.9. The summed E-state index contributed by atoms with van der Waals surface area (Å²) in [5.74, 6) is 1.28. The van der Waals surface area contributed by atoms with E-state index in [0.717, 1.165) is 43.9 Å². The van der Waals surface area contributed by atoms with Crippen LogP contribution in [0.3, 0.4) is 0 Å². The predicted octanol–water partition coefficient (Wildman–Crippen LogP) is 1.26. The van der Waals surface area contributed by atoms with Crippen molar-refractivity contribution in [1.82, 2.24) is 9.80 Å². The zero-order valence-electron chi connectivity index (χ0n) is 15.9. The maximum absolute atomic E-state index is 12.8. The van der Waals surface area contributed by atoms with E-state index in [1.165, 1.54) is 0 Å². The zero-order chi connectivity index (χ0) is 19.2. The molecule has 0 spiro atoms. The molecule has 2 aliphatic heterocycles. The number of piperidine rings is 1. The number of rotatable bonds is 7. The van der Waals surface area contributed by atoms with E-state index in [4.69, 9.17) is 15.2 Å². The maximum atomic E-state index is 12.8. The van der Waals surface area contributed by atoms with Gasteiger partial charge in [-0.15, -0.1) is 0 Å². The number of likely N-dealkylation sites (tertiary alicyclic amines) is 1. The molecule has 7 heteroatoms. The molecule has 1 atom stereocenters. The minimum atomic E-state index is -0.233. The Labute approximate surface area is 160 Å². The van der Waals surface area contributed by atoms with Gasteiger partial charge in [0.2, 0.25) is 11.8 Å². The number of fused-ring (bicyclic) bond motifs is 1. The van der Waals surface area contributed by atoms with Crippen LogP contribution in [0.1, 0.15) is 26.2 Å². The van der Waals surface area contributed by atoms with E-state index in [0.29, 0.717) is 26.2 Å². The van der Waals surface area contributed by atoms with Crippen molar-refractivity contribution in [1.29, 1.82) is 0 Å². The highest BCUT2D eigenvalue weighted by Gasteiger charge is 2.28. The van der Waals surface area contributed by atoms with Crippen molar-refractivity contribution in [3.05, 3.63) is 24.3 Å². The number of para-hydroxylation sites is 2. The molecule has 7 nitrogen and oxygen atoms in total. The summed E-state index contributed by atoms with van der Waals surface area (Å²) in [4.78, 5) is 28.1. The third kappa shape index (κ3) is 5.13. The molecule has 1 aromatic carbocycles. The summed E-state index contributed by atoms with van der Waals surface area (Å²) in [6.07, 6.45) is 2.18. The minimum Gasteiger partial charge on any atom is -0.486 e. The van der Waals surface area contributed by atoms with E-state index in [2.05, 4.69) is 11.8 Å². The molecule has 0 unspecified atom stereocenters. The number of ether oxygens (including phenoxy) is 2. The lowest BCUT2D eigenvalue weighted by atomic mass is 9.96. The summed E-state index contributed by atoms with van der Waals surface area (Å²) >= 11 is 0. The van der Waals surface area contributed by atoms with Gasteiger partial charge < -0.3 is 20.1 Å². The second-order valence-corrected chi connectivity index (χ2v) is 7.29. The molecule has 0 saturated carbocycles. The number of carbonyl (C=O) groups is 2. The van der Waals surface area contributed by atoms with Crippen LogP contribution in [-0.4, -0.2) is 67.0 Å². The van der Waals surface area contributed by atoms with Crippen LogP contribution in [-0.2, 0) is 9.59 Å². The molecule has 2 aliphatic rings. The van der Waals surface area contributed by atoms with E-state index in [1.54, 1.807) is 0 Å². The summed E-state index contributed by atoms with van der Waals surface area (Å²) in [6.45, 7) is 5.54. The van der Waals surface area contributed by atoms with E-state index < -0.39 is 0 Å². The first-order valence-electron chi connectivity index (χ1n) is 9.74. The van der Waals surface area contributed by atoms with Gasteiger partial charge in [-0.2, -0.15) is 0 Å². The Kier molecular flexibility index (Phi) is 6.55. The third-order valence-electron chi connectivity index (χ3n) is 5.19. The van der Waals surface area contributed by atoms with Crippen LogP contribution in [0.4, 0.5) is 0 Å². The highest BCUT2D eigenvalue weighted by Crippen LogP contribution is 2.31. The largest absolute Gasteiger partial charge is 0.486 e. The van der Waals surface area contributed by atoms with Gasteiger partial charge in [-0.1, -0.05) is 19.1 Å². The molecule has 2 N–H and O–H groups in total. The van der Waals surface area contributed by atoms with Crippen LogP contribution in [0.15, 0.2) is 24.3 Å². The molecule has 0 aliphatic carbocycles. The number of hydrogen-bond acceptors (Lipinski definition) is 5. The van der Waals surface area contributed by atoms with Gasteiger partial charge in [0.1, 0.15) is 6.61 Å². The Balaban J connectivity index is 1.53. The lowest BCUT2D eigenvalue weighted by Crippen LogP contribution is -2.49.